The zero-order valence-corrected chi connectivity index (χ0v) is 8.10. The highest BCUT2D eigenvalue weighted by atomic mass is 24.3. The number of rotatable bonds is 3. The molecule has 82 valence electrons. The summed E-state index contributed by atoms with van der Waals surface area (Å²) in [4.78, 5) is 13.7. The van der Waals surface area contributed by atoms with Gasteiger partial charge in [0.05, 0.1) is 0 Å². The van der Waals surface area contributed by atoms with Gasteiger partial charge in [-0.25, -0.2) is 0 Å². The highest BCUT2D eigenvalue weighted by Gasteiger charge is 2.14. The molecule has 0 unspecified atom stereocenters. The average molecular weight is 231 g/mol. The van der Waals surface area contributed by atoms with Crippen LogP contribution >= 0.6 is 0 Å². The van der Waals surface area contributed by atoms with E-state index < -0.39 is 12.0 Å². The van der Waals surface area contributed by atoms with E-state index in [0.717, 1.165) is 16.5 Å². The molecule has 1 heterocycles. The standard InChI is InChI=1S/C11H12N2O2.Mg.2H/c12-9(11(14)15)5-7-6-13-10-4-2-1-3-8(7)10;;;/h1-4,6,9,13H,5,12H2,(H,14,15);;;/t9-;;;/m0.../s1. The van der Waals surface area contributed by atoms with Crippen LogP contribution in [0.5, 0.6) is 0 Å². The third-order valence-electron chi connectivity index (χ3n) is 2.43. The van der Waals surface area contributed by atoms with E-state index in [0.29, 0.717) is 6.42 Å². The monoisotopic (exact) mass is 230 g/mol. The Morgan fingerprint density at radius 1 is 1.44 bits per heavy atom. The van der Waals surface area contributed by atoms with Crippen molar-refractivity contribution in [3.63, 3.8) is 0 Å². The van der Waals surface area contributed by atoms with E-state index in [9.17, 15) is 4.79 Å². The fourth-order valence-corrected chi connectivity index (χ4v) is 1.62. The van der Waals surface area contributed by atoms with Crippen molar-refractivity contribution in [2.24, 2.45) is 5.73 Å². The fraction of sp³-hybridized carbons (Fsp3) is 0.182. The van der Waals surface area contributed by atoms with Crippen LogP contribution in [0.15, 0.2) is 30.5 Å². The molecular weight excluding hydrogens is 216 g/mol. The largest absolute Gasteiger partial charge is 0.480 e. The van der Waals surface area contributed by atoms with E-state index in [1.54, 1.807) is 0 Å². The number of benzene rings is 1. The molecule has 0 bridgehead atoms. The van der Waals surface area contributed by atoms with Crippen LogP contribution in [0.3, 0.4) is 0 Å². The van der Waals surface area contributed by atoms with Gasteiger partial charge in [-0.05, 0) is 11.6 Å². The first-order valence-electron chi connectivity index (χ1n) is 4.72. The van der Waals surface area contributed by atoms with Crippen LogP contribution in [0, 0.1) is 0 Å². The van der Waals surface area contributed by atoms with Crippen molar-refractivity contribution in [1.82, 2.24) is 4.98 Å². The molecule has 0 aliphatic rings. The number of aliphatic carboxylic acids is 1. The lowest BCUT2D eigenvalue weighted by Crippen LogP contribution is -2.32. The Hall–Kier alpha value is -1.04. The Bertz CT molecular complexity index is 495. The van der Waals surface area contributed by atoms with Crippen LogP contribution < -0.4 is 5.73 Å². The van der Waals surface area contributed by atoms with Gasteiger partial charge in [-0.2, -0.15) is 0 Å². The topological polar surface area (TPSA) is 79.1 Å². The number of nitrogens with one attached hydrogen (secondary N) is 1. The Kier molecular flexibility index (Phi) is 4.34. The second-order valence-corrected chi connectivity index (χ2v) is 3.51. The van der Waals surface area contributed by atoms with Crippen LogP contribution in [0.2, 0.25) is 0 Å². The highest BCUT2D eigenvalue weighted by molar-refractivity contribution is 5.84. The van der Waals surface area contributed by atoms with E-state index in [2.05, 4.69) is 4.98 Å². The first kappa shape index (κ1) is 13.0. The first-order valence-corrected chi connectivity index (χ1v) is 4.72. The molecule has 0 saturated heterocycles. The second kappa shape index (κ2) is 5.33. The van der Waals surface area contributed by atoms with Crippen molar-refractivity contribution in [1.29, 1.82) is 0 Å². The predicted molar refractivity (Wildman–Crippen MR) is 66.2 cm³/mol. The minimum Gasteiger partial charge on any atom is -0.480 e. The maximum atomic E-state index is 10.6. The van der Waals surface area contributed by atoms with Gasteiger partial charge in [0.2, 0.25) is 0 Å². The van der Waals surface area contributed by atoms with Gasteiger partial charge in [-0.15, -0.1) is 0 Å². The smallest absolute Gasteiger partial charge is 0.320 e. The van der Waals surface area contributed by atoms with Crippen LogP contribution in [0.4, 0.5) is 0 Å². The molecule has 0 amide bonds. The zero-order valence-electron chi connectivity index (χ0n) is 8.10. The summed E-state index contributed by atoms with van der Waals surface area (Å²) < 4.78 is 0. The molecule has 1 aromatic heterocycles. The summed E-state index contributed by atoms with van der Waals surface area (Å²) in [6, 6.07) is 6.91. The van der Waals surface area contributed by atoms with Crippen LogP contribution in [-0.2, 0) is 11.2 Å². The maximum Gasteiger partial charge on any atom is 0.320 e. The van der Waals surface area contributed by atoms with Gasteiger partial charge in [0.15, 0.2) is 0 Å². The van der Waals surface area contributed by atoms with Crippen molar-refractivity contribution in [3.05, 3.63) is 36.0 Å². The normalized spacial score (nSPS) is 12.1. The molecule has 0 spiro atoms. The first-order chi connectivity index (χ1) is 7.18. The Morgan fingerprint density at radius 2 is 2.12 bits per heavy atom. The van der Waals surface area contributed by atoms with Crippen LogP contribution in [-0.4, -0.2) is 45.2 Å². The van der Waals surface area contributed by atoms with Gasteiger partial charge in [-0.3, -0.25) is 4.79 Å². The Balaban J connectivity index is 0.00000128. The summed E-state index contributed by atoms with van der Waals surface area (Å²) >= 11 is 0. The second-order valence-electron chi connectivity index (χ2n) is 3.51. The number of carbonyl (C=O) groups is 1. The number of fused-ring (bicyclic) bond motifs is 1. The summed E-state index contributed by atoms with van der Waals surface area (Å²) in [5.74, 6) is -0.972. The lowest BCUT2D eigenvalue weighted by Gasteiger charge is -2.04. The summed E-state index contributed by atoms with van der Waals surface area (Å²) in [5, 5.41) is 9.75. The van der Waals surface area contributed by atoms with Gasteiger partial charge in [0, 0.05) is 23.5 Å². The number of aromatic nitrogens is 1. The van der Waals surface area contributed by atoms with Crippen molar-refractivity contribution in [2.45, 2.75) is 12.5 Å². The number of para-hydroxylation sites is 1. The molecule has 5 heteroatoms. The summed E-state index contributed by atoms with van der Waals surface area (Å²) in [6.45, 7) is 0. The van der Waals surface area contributed by atoms with Gasteiger partial charge in [-0.1, -0.05) is 18.2 Å². The van der Waals surface area contributed by atoms with Crippen molar-refractivity contribution < 1.29 is 9.90 Å². The average Bonchev–Trinajstić information content (AvgIpc) is 2.62. The van der Waals surface area contributed by atoms with Gasteiger partial charge in [0.25, 0.3) is 0 Å². The van der Waals surface area contributed by atoms with Gasteiger partial charge >= 0.3 is 29.0 Å². The highest BCUT2D eigenvalue weighted by Crippen LogP contribution is 2.18. The third kappa shape index (κ3) is 2.55. The molecule has 2 aromatic rings. The SMILES string of the molecule is N[C@@H](Cc1c[nH]c2ccccc12)C(=O)O.[MgH2]. The maximum absolute atomic E-state index is 10.6. The number of H-pyrrole nitrogens is 1. The predicted octanol–water partition coefficient (Wildman–Crippen LogP) is 0.206. The molecule has 0 aliphatic carbocycles. The van der Waals surface area contributed by atoms with E-state index in [1.165, 1.54) is 0 Å². The molecule has 2 rings (SSSR count). The number of aromatic amines is 1. The molecule has 0 saturated carbocycles. The van der Waals surface area contributed by atoms with Crippen LogP contribution in [0.1, 0.15) is 5.56 Å². The summed E-state index contributed by atoms with van der Waals surface area (Å²) in [5.41, 5.74) is 7.43. The van der Waals surface area contributed by atoms with E-state index in [-0.39, 0.29) is 23.1 Å². The lowest BCUT2D eigenvalue weighted by atomic mass is 10.1. The van der Waals surface area contributed by atoms with E-state index >= 15 is 0 Å². The van der Waals surface area contributed by atoms with Gasteiger partial charge in [0.1, 0.15) is 6.04 Å². The lowest BCUT2D eigenvalue weighted by molar-refractivity contribution is -0.138. The summed E-state index contributed by atoms with van der Waals surface area (Å²) in [7, 11) is 0. The zero-order chi connectivity index (χ0) is 10.8. The quantitative estimate of drug-likeness (QED) is 0.660. The molecular formula is C11H14MgN2O2. The molecule has 0 radical (unpaired) electrons. The molecule has 4 N–H and O–H groups in total. The third-order valence-corrected chi connectivity index (χ3v) is 2.43. The van der Waals surface area contributed by atoms with Crippen molar-refractivity contribution in [2.75, 3.05) is 0 Å². The van der Waals surface area contributed by atoms with E-state index in [4.69, 9.17) is 10.8 Å². The summed E-state index contributed by atoms with van der Waals surface area (Å²) in [6.07, 6.45) is 2.16. The van der Waals surface area contributed by atoms with E-state index in [1.807, 2.05) is 30.5 Å². The Labute approximate surface area is 109 Å². The molecule has 1 atom stereocenters. The van der Waals surface area contributed by atoms with Crippen LogP contribution in [0.25, 0.3) is 10.9 Å². The number of carboxylic acid groups (broad SMARTS) is 1. The molecule has 4 nitrogen and oxygen atoms in total. The molecule has 0 aliphatic heterocycles. The number of nitrogens with two attached hydrogens (primary N) is 1. The molecule has 0 fully saturated rings. The van der Waals surface area contributed by atoms with Crippen molar-refractivity contribution in [3.8, 4) is 0 Å². The Morgan fingerprint density at radius 3 is 2.81 bits per heavy atom. The number of hydrogen-bond acceptors (Lipinski definition) is 2. The molecule has 1 aromatic carbocycles. The minimum absolute atomic E-state index is 0. The minimum atomic E-state index is -0.972. The van der Waals surface area contributed by atoms with Crippen molar-refractivity contribution >= 4 is 39.9 Å². The fourth-order valence-electron chi connectivity index (χ4n) is 1.62. The molecule has 16 heavy (non-hydrogen) atoms. The number of hydrogen-bond donors (Lipinski definition) is 3. The van der Waals surface area contributed by atoms with Gasteiger partial charge < -0.3 is 15.8 Å². The number of carboxylic acids is 1.